The number of hydrogen-bond donors (Lipinski definition) is 1. The molecule has 0 unspecified atom stereocenters. The summed E-state index contributed by atoms with van der Waals surface area (Å²) in [5.74, 6) is -1.45. The van der Waals surface area contributed by atoms with Gasteiger partial charge in [0.05, 0.1) is 11.9 Å². The van der Waals surface area contributed by atoms with E-state index >= 15 is 0 Å². The molecule has 2 heterocycles. The highest BCUT2D eigenvalue weighted by Crippen LogP contribution is 2.57. The summed E-state index contributed by atoms with van der Waals surface area (Å²) in [5, 5.41) is 10.3. The Bertz CT molecular complexity index is 1270. The van der Waals surface area contributed by atoms with Crippen LogP contribution in [-0.2, 0) is 15.4 Å². The van der Waals surface area contributed by atoms with E-state index < -0.39 is 21.8 Å². The quantitative estimate of drug-likeness (QED) is 0.695. The predicted molar refractivity (Wildman–Crippen MR) is 106 cm³/mol. The molecule has 150 valence electrons. The average Bonchev–Trinajstić information content (AvgIpc) is 3.31. The van der Waals surface area contributed by atoms with E-state index in [-0.39, 0.29) is 16.7 Å². The third kappa shape index (κ3) is 2.73. The lowest BCUT2D eigenvalue weighted by Gasteiger charge is -2.34. The summed E-state index contributed by atoms with van der Waals surface area (Å²) >= 11 is 0. The number of benzene rings is 2. The molecular formula is C21H18FNO5S. The SMILES string of the molecule is CS(=O)(=O)N1CCC2(CC2)c2cc3c(C(=O)O)c(-c4ccc(F)cc4)oc3cc21. The Kier molecular flexibility index (Phi) is 3.65. The van der Waals surface area contributed by atoms with Gasteiger partial charge in [-0.15, -0.1) is 0 Å². The van der Waals surface area contributed by atoms with Crippen LogP contribution in [0.2, 0.25) is 0 Å². The lowest BCUT2D eigenvalue weighted by atomic mass is 9.86. The van der Waals surface area contributed by atoms with Crippen LogP contribution in [0.25, 0.3) is 22.3 Å². The van der Waals surface area contributed by atoms with Crippen LogP contribution < -0.4 is 4.31 Å². The van der Waals surface area contributed by atoms with Gasteiger partial charge in [0.15, 0.2) is 0 Å². The van der Waals surface area contributed by atoms with Gasteiger partial charge < -0.3 is 9.52 Å². The molecule has 0 atom stereocenters. The van der Waals surface area contributed by atoms with Crippen molar-refractivity contribution in [2.75, 3.05) is 17.1 Å². The van der Waals surface area contributed by atoms with E-state index in [9.17, 15) is 22.7 Å². The molecule has 29 heavy (non-hydrogen) atoms. The third-order valence-corrected chi connectivity index (χ3v) is 7.19. The minimum atomic E-state index is -3.47. The zero-order valence-corrected chi connectivity index (χ0v) is 16.4. The van der Waals surface area contributed by atoms with Gasteiger partial charge in [-0.25, -0.2) is 17.6 Å². The smallest absolute Gasteiger partial charge is 0.340 e. The molecule has 1 aliphatic heterocycles. The monoisotopic (exact) mass is 415 g/mol. The molecule has 1 aromatic heterocycles. The van der Waals surface area contributed by atoms with Crippen molar-refractivity contribution in [3.05, 3.63) is 53.3 Å². The number of carbonyl (C=O) groups is 1. The number of sulfonamides is 1. The lowest BCUT2D eigenvalue weighted by Crippen LogP contribution is -2.38. The predicted octanol–water partition coefficient (Wildman–Crippen LogP) is 4.14. The van der Waals surface area contributed by atoms with Crippen LogP contribution in [0.5, 0.6) is 0 Å². The molecule has 5 rings (SSSR count). The molecule has 2 aliphatic rings. The van der Waals surface area contributed by atoms with Gasteiger partial charge >= 0.3 is 5.97 Å². The summed E-state index contributed by atoms with van der Waals surface area (Å²) in [5.41, 5.74) is 2.07. The molecule has 0 saturated heterocycles. The van der Waals surface area contributed by atoms with Crippen LogP contribution >= 0.6 is 0 Å². The zero-order valence-electron chi connectivity index (χ0n) is 15.6. The molecule has 1 fully saturated rings. The number of halogens is 1. The highest BCUT2D eigenvalue weighted by atomic mass is 32.2. The Morgan fingerprint density at radius 2 is 1.86 bits per heavy atom. The van der Waals surface area contributed by atoms with E-state index in [0.29, 0.717) is 35.2 Å². The Labute approximate surface area is 166 Å². The summed E-state index contributed by atoms with van der Waals surface area (Å²) in [6.45, 7) is 0.397. The standard InChI is InChI=1S/C21H18FNO5S/c1-29(26,27)23-9-8-21(6-7-21)15-10-14-17(11-16(15)23)28-19(18(14)20(24)25)12-2-4-13(22)5-3-12/h2-5,10-11H,6-9H2,1H3,(H,24,25). The van der Waals surface area contributed by atoms with E-state index in [1.807, 2.05) is 0 Å². The second-order valence-electron chi connectivity index (χ2n) is 7.85. The topological polar surface area (TPSA) is 87.8 Å². The maximum absolute atomic E-state index is 13.3. The number of hydrogen-bond acceptors (Lipinski definition) is 4. The molecule has 3 aromatic rings. The number of nitrogens with zero attached hydrogens (tertiary/aromatic N) is 1. The number of furan rings is 1. The van der Waals surface area contributed by atoms with Crippen LogP contribution in [0.3, 0.4) is 0 Å². The Morgan fingerprint density at radius 3 is 2.45 bits per heavy atom. The first-order chi connectivity index (χ1) is 13.7. The lowest BCUT2D eigenvalue weighted by molar-refractivity contribution is 0.0699. The summed E-state index contributed by atoms with van der Waals surface area (Å²) in [6.07, 6.45) is 3.78. The van der Waals surface area contributed by atoms with Crippen LogP contribution in [0, 0.1) is 5.82 Å². The van der Waals surface area contributed by atoms with Crippen molar-refractivity contribution in [1.82, 2.24) is 0 Å². The van der Waals surface area contributed by atoms with Crippen molar-refractivity contribution in [3.8, 4) is 11.3 Å². The Hall–Kier alpha value is -2.87. The largest absolute Gasteiger partial charge is 0.478 e. The van der Waals surface area contributed by atoms with Gasteiger partial charge in [0, 0.05) is 23.6 Å². The Morgan fingerprint density at radius 1 is 1.17 bits per heavy atom. The second kappa shape index (κ2) is 5.82. The molecule has 1 spiro atoms. The van der Waals surface area contributed by atoms with Crippen LogP contribution in [0.4, 0.5) is 10.1 Å². The fraction of sp³-hybridized carbons (Fsp3) is 0.286. The van der Waals surface area contributed by atoms with Crippen molar-refractivity contribution >= 4 is 32.6 Å². The fourth-order valence-electron chi connectivity index (χ4n) is 4.37. The summed E-state index contributed by atoms with van der Waals surface area (Å²) in [7, 11) is -3.47. The van der Waals surface area contributed by atoms with Gasteiger partial charge in [-0.1, -0.05) is 0 Å². The zero-order chi connectivity index (χ0) is 20.6. The average molecular weight is 415 g/mol. The van der Waals surface area contributed by atoms with E-state index in [4.69, 9.17) is 4.42 Å². The minimum absolute atomic E-state index is 0.00156. The van der Waals surface area contributed by atoms with E-state index in [2.05, 4.69) is 0 Å². The van der Waals surface area contributed by atoms with E-state index in [0.717, 1.165) is 18.4 Å². The Balaban J connectivity index is 1.80. The molecular weight excluding hydrogens is 397 g/mol. The molecule has 1 saturated carbocycles. The molecule has 0 amide bonds. The van der Waals surface area contributed by atoms with Gasteiger partial charge in [0.2, 0.25) is 10.0 Å². The first kappa shape index (κ1) is 18.2. The number of carboxylic acid groups (broad SMARTS) is 1. The molecule has 2 aromatic carbocycles. The highest BCUT2D eigenvalue weighted by molar-refractivity contribution is 7.92. The van der Waals surface area contributed by atoms with Gasteiger partial charge in [-0.05, 0) is 60.6 Å². The molecule has 0 bridgehead atoms. The number of rotatable bonds is 3. The first-order valence-electron chi connectivity index (χ1n) is 9.28. The summed E-state index contributed by atoms with van der Waals surface area (Å²) in [6, 6.07) is 8.81. The minimum Gasteiger partial charge on any atom is -0.478 e. The number of carboxylic acids is 1. The number of fused-ring (bicyclic) bond motifs is 3. The van der Waals surface area contributed by atoms with Gasteiger partial charge in [0.25, 0.3) is 0 Å². The maximum Gasteiger partial charge on any atom is 0.340 e. The summed E-state index contributed by atoms with van der Waals surface area (Å²) in [4.78, 5) is 12.1. The van der Waals surface area contributed by atoms with Gasteiger partial charge in [0.1, 0.15) is 22.7 Å². The highest BCUT2D eigenvalue weighted by Gasteiger charge is 2.50. The molecule has 1 N–H and O–H groups in total. The summed E-state index contributed by atoms with van der Waals surface area (Å²) < 4.78 is 45.2. The van der Waals surface area contributed by atoms with Crippen molar-refractivity contribution in [3.63, 3.8) is 0 Å². The van der Waals surface area contributed by atoms with E-state index in [1.54, 1.807) is 12.1 Å². The van der Waals surface area contributed by atoms with Crippen LogP contribution in [0.1, 0.15) is 35.2 Å². The van der Waals surface area contributed by atoms with Crippen molar-refractivity contribution in [2.45, 2.75) is 24.7 Å². The normalized spacial score (nSPS) is 17.5. The molecule has 0 radical (unpaired) electrons. The third-order valence-electron chi connectivity index (χ3n) is 6.01. The van der Waals surface area contributed by atoms with Crippen molar-refractivity contribution in [1.29, 1.82) is 0 Å². The first-order valence-corrected chi connectivity index (χ1v) is 11.1. The van der Waals surface area contributed by atoms with Gasteiger partial charge in [-0.2, -0.15) is 0 Å². The molecule has 6 nitrogen and oxygen atoms in total. The van der Waals surface area contributed by atoms with E-state index in [1.165, 1.54) is 34.8 Å². The fourth-order valence-corrected chi connectivity index (χ4v) is 5.30. The maximum atomic E-state index is 13.3. The molecule has 1 aliphatic carbocycles. The van der Waals surface area contributed by atoms with Crippen molar-refractivity contribution in [2.24, 2.45) is 0 Å². The molecule has 8 heteroatoms. The van der Waals surface area contributed by atoms with Gasteiger partial charge in [-0.3, -0.25) is 4.31 Å². The van der Waals surface area contributed by atoms with Crippen LogP contribution in [-0.4, -0.2) is 32.3 Å². The van der Waals surface area contributed by atoms with Crippen molar-refractivity contribution < 1.29 is 27.1 Å². The second-order valence-corrected chi connectivity index (χ2v) is 9.76. The van der Waals surface area contributed by atoms with Crippen LogP contribution in [0.15, 0.2) is 40.8 Å². The number of anilines is 1. The number of aromatic carboxylic acids is 1.